The van der Waals surface area contributed by atoms with E-state index in [1.54, 1.807) is 6.07 Å². The second-order valence-electron chi connectivity index (χ2n) is 5.34. The number of hydrogen-bond donors (Lipinski definition) is 3. The normalized spacial score (nSPS) is 25.0. The molecule has 1 aromatic heterocycles. The van der Waals surface area contributed by atoms with Gasteiger partial charge >= 0.3 is 12.1 Å². The summed E-state index contributed by atoms with van der Waals surface area (Å²) >= 11 is 3.28. The molecule has 0 unspecified atom stereocenters. The minimum Gasteiger partial charge on any atom is -0.475 e. The number of nitrogens with one attached hydrogen (secondary N) is 2. The van der Waals surface area contributed by atoms with Crippen molar-refractivity contribution in [2.75, 3.05) is 11.9 Å². The maximum atomic E-state index is 12.1. The molecule has 10 heteroatoms. The van der Waals surface area contributed by atoms with Crippen LogP contribution in [-0.4, -0.2) is 40.2 Å². The second-order valence-corrected chi connectivity index (χ2v) is 6.15. The van der Waals surface area contributed by atoms with Gasteiger partial charge in [-0.1, -0.05) is 6.07 Å². The van der Waals surface area contributed by atoms with Crippen LogP contribution in [0.1, 0.15) is 12.8 Å². The highest BCUT2D eigenvalue weighted by Gasteiger charge is 2.55. The van der Waals surface area contributed by atoms with Crippen LogP contribution in [-0.2, 0) is 9.59 Å². The van der Waals surface area contributed by atoms with Crippen molar-refractivity contribution in [2.45, 2.75) is 24.6 Å². The Labute approximate surface area is 137 Å². The van der Waals surface area contributed by atoms with E-state index in [1.807, 2.05) is 12.1 Å². The molecule has 0 radical (unpaired) electrons. The Kier molecular flexibility index (Phi) is 4.95. The van der Waals surface area contributed by atoms with Crippen molar-refractivity contribution in [2.24, 2.45) is 5.92 Å². The number of aliphatic carboxylic acids is 1. The van der Waals surface area contributed by atoms with E-state index >= 15 is 0 Å². The number of anilines is 1. The monoisotopic (exact) mass is 395 g/mol. The molecule has 3 fully saturated rings. The van der Waals surface area contributed by atoms with Gasteiger partial charge in [-0.15, -0.1) is 0 Å². The third-order valence-electron chi connectivity index (χ3n) is 3.64. The first kappa shape index (κ1) is 17.7. The van der Waals surface area contributed by atoms with Crippen LogP contribution in [0, 0.1) is 5.92 Å². The predicted octanol–water partition coefficient (Wildman–Crippen LogP) is 2.17. The number of fused-ring (bicyclic) bond motifs is 1. The number of carboxylic acids is 1. The minimum absolute atomic E-state index is 0.0480. The number of nitrogens with zero attached hydrogens (tertiary/aromatic N) is 1. The molecule has 2 aliphatic heterocycles. The van der Waals surface area contributed by atoms with E-state index < -0.39 is 12.1 Å². The Morgan fingerprint density at radius 3 is 2.43 bits per heavy atom. The number of rotatable bonds is 2. The molecule has 3 heterocycles. The lowest BCUT2D eigenvalue weighted by Gasteiger charge is -2.35. The van der Waals surface area contributed by atoms with Gasteiger partial charge in [0, 0.05) is 0 Å². The number of pyridine rings is 1. The Hall–Kier alpha value is -1.68. The van der Waals surface area contributed by atoms with Crippen LogP contribution in [0.5, 0.6) is 0 Å². The smallest absolute Gasteiger partial charge is 0.475 e. The van der Waals surface area contributed by atoms with Gasteiger partial charge in [0.1, 0.15) is 10.4 Å². The number of alkyl halides is 3. The number of hydrogen-bond acceptors (Lipinski definition) is 4. The maximum absolute atomic E-state index is 12.1. The number of aromatic nitrogens is 1. The zero-order valence-electron chi connectivity index (χ0n) is 11.7. The minimum atomic E-state index is -5.08. The lowest BCUT2D eigenvalue weighted by Crippen LogP contribution is -2.53. The molecule has 0 atom stereocenters. The van der Waals surface area contributed by atoms with Gasteiger partial charge < -0.3 is 15.7 Å². The van der Waals surface area contributed by atoms with Gasteiger partial charge in [-0.05, 0) is 53.4 Å². The third-order valence-corrected chi connectivity index (χ3v) is 4.08. The highest BCUT2D eigenvalue weighted by Crippen LogP contribution is 2.44. The van der Waals surface area contributed by atoms with Gasteiger partial charge in [0.25, 0.3) is 0 Å². The van der Waals surface area contributed by atoms with Crippen molar-refractivity contribution in [3.8, 4) is 0 Å². The Morgan fingerprint density at radius 2 is 2.00 bits per heavy atom. The SMILES string of the molecule is O=C(Nc1cccc(Br)n1)C12CC(CN1)C2.O=C(O)C(F)(F)F. The van der Waals surface area contributed by atoms with Crippen molar-refractivity contribution in [3.63, 3.8) is 0 Å². The fourth-order valence-electron chi connectivity index (χ4n) is 2.53. The van der Waals surface area contributed by atoms with Crippen LogP contribution < -0.4 is 10.6 Å². The molecule has 3 aliphatic rings. The summed E-state index contributed by atoms with van der Waals surface area (Å²) < 4.78 is 32.5. The first-order valence-electron chi connectivity index (χ1n) is 6.61. The van der Waals surface area contributed by atoms with Crippen LogP contribution in [0.2, 0.25) is 0 Å². The van der Waals surface area contributed by atoms with Crippen molar-refractivity contribution >= 4 is 33.6 Å². The van der Waals surface area contributed by atoms with Crippen molar-refractivity contribution in [3.05, 3.63) is 22.8 Å². The van der Waals surface area contributed by atoms with Crippen molar-refractivity contribution in [1.29, 1.82) is 0 Å². The van der Waals surface area contributed by atoms with E-state index in [9.17, 15) is 18.0 Å². The summed E-state index contributed by atoms with van der Waals surface area (Å²) in [6.07, 6.45) is -3.15. The van der Waals surface area contributed by atoms with Gasteiger partial charge in [0.2, 0.25) is 5.91 Å². The molecular weight excluding hydrogens is 383 g/mol. The molecule has 2 bridgehead atoms. The third kappa shape index (κ3) is 4.20. The van der Waals surface area contributed by atoms with Crippen LogP contribution >= 0.6 is 15.9 Å². The molecule has 0 aromatic carbocycles. The van der Waals surface area contributed by atoms with Gasteiger partial charge in [0.15, 0.2) is 0 Å². The highest BCUT2D eigenvalue weighted by atomic mass is 79.9. The van der Waals surface area contributed by atoms with E-state index in [-0.39, 0.29) is 11.4 Å². The summed E-state index contributed by atoms with van der Waals surface area (Å²) in [7, 11) is 0. The number of amides is 1. The number of halogens is 4. The molecule has 126 valence electrons. The maximum Gasteiger partial charge on any atom is 0.490 e. The molecule has 0 spiro atoms. The number of carbonyl (C=O) groups excluding carboxylic acids is 1. The van der Waals surface area contributed by atoms with Gasteiger partial charge in [-0.2, -0.15) is 13.2 Å². The van der Waals surface area contributed by atoms with E-state index in [4.69, 9.17) is 9.90 Å². The van der Waals surface area contributed by atoms with E-state index in [0.717, 1.165) is 24.0 Å². The lowest BCUT2D eigenvalue weighted by atomic mass is 9.73. The average molecular weight is 396 g/mol. The first-order valence-corrected chi connectivity index (χ1v) is 7.41. The predicted molar refractivity (Wildman–Crippen MR) is 77.7 cm³/mol. The van der Waals surface area contributed by atoms with Crippen LogP contribution in [0.15, 0.2) is 22.8 Å². The molecule has 1 saturated carbocycles. The summed E-state index contributed by atoms with van der Waals surface area (Å²) in [6.45, 7) is 0.972. The molecule has 1 amide bonds. The topological polar surface area (TPSA) is 91.3 Å². The van der Waals surface area contributed by atoms with Gasteiger partial charge in [-0.3, -0.25) is 4.79 Å². The fourth-order valence-corrected chi connectivity index (χ4v) is 2.88. The molecule has 3 N–H and O–H groups in total. The fraction of sp³-hybridized carbons (Fsp3) is 0.462. The van der Waals surface area contributed by atoms with Crippen molar-refractivity contribution in [1.82, 2.24) is 10.3 Å². The van der Waals surface area contributed by atoms with Crippen LogP contribution in [0.25, 0.3) is 0 Å². The highest BCUT2D eigenvalue weighted by molar-refractivity contribution is 9.10. The quantitative estimate of drug-likeness (QED) is 0.667. The molecule has 23 heavy (non-hydrogen) atoms. The molecule has 2 saturated heterocycles. The standard InChI is InChI=1S/C11H12BrN3O.C2HF3O2/c12-8-2-1-3-9(14-8)15-10(16)11-4-7(5-11)6-13-11;3-2(4,5)1(6)7/h1-3,7,13H,4-6H2,(H,14,15,16);(H,6,7). The van der Waals surface area contributed by atoms with Gasteiger partial charge in [0.05, 0.1) is 5.54 Å². The van der Waals surface area contributed by atoms with Crippen molar-refractivity contribution < 1.29 is 27.9 Å². The zero-order chi connectivity index (χ0) is 17.3. The summed E-state index contributed by atoms with van der Waals surface area (Å²) in [5.41, 5.74) is -0.311. The Bertz CT molecular complexity index is 612. The first-order chi connectivity index (χ1) is 10.6. The van der Waals surface area contributed by atoms with E-state index in [2.05, 4.69) is 31.5 Å². The van der Waals surface area contributed by atoms with Crippen LogP contribution in [0.4, 0.5) is 19.0 Å². The molecule has 6 nitrogen and oxygen atoms in total. The number of carboxylic acid groups (broad SMARTS) is 1. The second kappa shape index (κ2) is 6.44. The average Bonchev–Trinajstić information content (AvgIpc) is 2.98. The summed E-state index contributed by atoms with van der Waals surface area (Å²) in [5.74, 6) is -1.41. The zero-order valence-corrected chi connectivity index (χ0v) is 13.2. The Balaban J connectivity index is 0.000000236. The van der Waals surface area contributed by atoms with E-state index in [1.165, 1.54) is 0 Å². The lowest BCUT2D eigenvalue weighted by molar-refractivity contribution is -0.192. The molecule has 1 aliphatic carbocycles. The largest absolute Gasteiger partial charge is 0.490 e. The summed E-state index contributed by atoms with van der Waals surface area (Å²) in [6, 6.07) is 5.49. The molecular formula is C13H13BrF3N3O3. The van der Waals surface area contributed by atoms with E-state index in [0.29, 0.717) is 11.7 Å². The molecule has 1 aromatic rings. The van der Waals surface area contributed by atoms with Gasteiger partial charge in [-0.25, -0.2) is 9.78 Å². The Morgan fingerprint density at radius 1 is 1.39 bits per heavy atom. The summed E-state index contributed by atoms with van der Waals surface area (Å²) in [4.78, 5) is 25.1. The molecule has 4 rings (SSSR count). The number of carbonyl (C=O) groups is 2. The van der Waals surface area contributed by atoms with Crippen LogP contribution in [0.3, 0.4) is 0 Å². The summed E-state index contributed by atoms with van der Waals surface area (Å²) in [5, 5.41) is 13.3.